The monoisotopic (exact) mass is 306 g/mol. The zero-order valence-electron chi connectivity index (χ0n) is 13.9. The molecule has 0 saturated carbocycles. The summed E-state index contributed by atoms with van der Waals surface area (Å²) in [5.41, 5.74) is 2.88. The van der Waals surface area contributed by atoms with E-state index in [2.05, 4.69) is 44.3 Å². The van der Waals surface area contributed by atoms with Crippen molar-refractivity contribution < 1.29 is 8.85 Å². The Hall–Kier alpha value is -0.643. The normalized spacial score (nSPS) is 34.5. The Kier molecular flexibility index (Phi) is 6.46. The third kappa shape index (κ3) is 6.33. The van der Waals surface area contributed by atoms with Gasteiger partial charge in [-0.25, -0.2) is 0 Å². The summed E-state index contributed by atoms with van der Waals surface area (Å²) < 4.78 is 12.5. The van der Waals surface area contributed by atoms with Crippen molar-refractivity contribution in [1.29, 1.82) is 0 Å². The van der Waals surface area contributed by atoms with Gasteiger partial charge in [0, 0.05) is 0 Å². The van der Waals surface area contributed by atoms with E-state index in [0.29, 0.717) is 0 Å². The van der Waals surface area contributed by atoms with Crippen LogP contribution >= 0.6 is 0 Å². The van der Waals surface area contributed by atoms with Crippen molar-refractivity contribution >= 4 is 8.56 Å². The number of hydrogen-bond donors (Lipinski definition) is 0. The molecule has 1 saturated heterocycles. The Bertz CT molecular complexity index is 421. The van der Waals surface area contributed by atoms with Gasteiger partial charge in [-0.3, -0.25) is 0 Å². The predicted octanol–water partition coefficient (Wildman–Crippen LogP) is 5.28. The third-order valence-electron chi connectivity index (χ3n) is 4.16. The summed E-state index contributed by atoms with van der Waals surface area (Å²) in [6, 6.07) is 0. The van der Waals surface area contributed by atoms with E-state index in [9.17, 15) is 0 Å². The van der Waals surface area contributed by atoms with Gasteiger partial charge in [-0.05, 0) is 70.5 Å². The molecular weight excluding hydrogens is 276 g/mol. The van der Waals surface area contributed by atoms with E-state index in [1.54, 1.807) is 0 Å². The highest BCUT2D eigenvalue weighted by Gasteiger charge is 2.29. The average Bonchev–Trinajstić information content (AvgIpc) is 2.47. The van der Waals surface area contributed by atoms with Crippen molar-refractivity contribution in [2.75, 3.05) is 6.61 Å². The lowest BCUT2D eigenvalue weighted by Crippen LogP contribution is -2.38. The van der Waals surface area contributed by atoms with Crippen LogP contribution in [0.15, 0.2) is 35.5 Å². The highest BCUT2D eigenvalue weighted by atomic mass is 28.4. The maximum absolute atomic E-state index is 6.35. The molecular formula is C18H30O2Si. The highest BCUT2D eigenvalue weighted by molar-refractivity contribution is 6.64. The first-order valence-electron chi connectivity index (χ1n) is 8.39. The smallest absolute Gasteiger partial charge is 0.332 e. The van der Waals surface area contributed by atoms with Crippen LogP contribution in [-0.2, 0) is 8.85 Å². The van der Waals surface area contributed by atoms with Crippen LogP contribution in [0.2, 0.25) is 13.1 Å². The van der Waals surface area contributed by atoms with Crippen molar-refractivity contribution in [2.45, 2.75) is 71.1 Å². The molecule has 0 N–H and O–H groups in total. The Morgan fingerprint density at radius 3 is 2.86 bits per heavy atom. The van der Waals surface area contributed by atoms with Crippen LogP contribution < -0.4 is 0 Å². The summed E-state index contributed by atoms with van der Waals surface area (Å²) >= 11 is 0. The molecule has 1 unspecified atom stereocenters. The zero-order chi connectivity index (χ0) is 15.1. The van der Waals surface area contributed by atoms with E-state index in [0.717, 1.165) is 19.4 Å². The van der Waals surface area contributed by atoms with Gasteiger partial charge in [0.1, 0.15) is 0 Å². The molecule has 3 heteroatoms. The molecule has 0 spiro atoms. The van der Waals surface area contributed by atoms with Gasteiger partial charge in [0.05, 0.1) is 12.7 Å². The fourth-order valence-electron chi connectivity index (χ4n) is 2.94. The molecule has 1 aliphatic carbocycles. The molecule has 2 rings (SSSR count). The minimum absolute atomic E-state index is 0.240. The number of fused-ring (bicyclic) bond motifs is 4. The van der Waals surface area contributed by atoms with E-state index in [1.165, 1.54) is 43.3 Å². The highest BCUT2D eigenvalue weighted by Crippen LogP contribution is 2.23. The van der Waals surface area contributed by atoms with E-state index >= 15 is 0 Å². The average molecular weight is 307 g/mol. The largest absolute Gasteiger partial charge is 0.390 e. The Morgan fingerprint density at radius 1 is 1.14 bits per heavy atom. The molecule has 21 heavy (non-hydrogen) atoms. The standard InChI is InChI=1S/C18H30O2Si/c1-16-10-7-5-4-6-8-11-17-12-9-13-18(14-16)20-21(2,3)19-15-17/h6,8,11,14,18H,4-5,7,9-10,12-13,15H2,1-3H3/b8-6+,16-14-,17-11-. The maximum atomic E-state index is 6.35. The fourth-order valence-corrected chi connectivity index (χ4v) is 4.46. The van der Waals surface area contributed by atoms with Gasteiger partial charge in [0.25, 0.3) is 0 Å². The molecule has 118 valence electrons. The van der Waals surface area contributed by atoms with Crippen LogP contribution in [0.3, 0.4) is 0 Å². The van der Waals surface area contributed by atoms with Crippen molar-refractivity contribution in [3.63, 3.8) is 0 Å². The predicted molar refractivity (Wildman–Crippen MR) is 91.6 cm³/mol. The summed E-state index contributed by atoms with van der Waals surface area (Å²) in [4.78, 5) is 0. The summed E-state index contributed by atoms with van der Waals surface area (Å²) in [5, 5.41) is 0. The van der Waals surface area contributed by atoms with Crippen LogP contribution in [-0.4, -0.2) is 21.3 Å². The van der Waals surface area contributed by atoms with E-state index in [1.807, 2.05) is 0 Å². The quantitative estimate of drug-likeness (QED) is 0.448. The van der Waals surface area contributed by atoms with Gasteiger partial charge in [-0.15, -0.1) is 0 Å². The number of rotatable bonds is 0. The fraction of sp³-hybridized carbons (Fsp3) is 0.667. The van der Waals surface area contributed by atoms with Gasteiger partial charge in [-0.2, -0.15) is 0 Å². The minimum atomic E-state index is -2.03. The molecule has 0 aromatic rings. The summed E-state index contributed by atoms with van der Waals surface area (Å²) in [6.07, 6.45) is 17.7. The van der Waals surface area contributed by atoms with Crippen molar-refractivity contribution in [3.8, 4) is 0 Å². The van der Waals surface area contributed by atoms with E-state index in [4.69, 9.17) is 8.85 Å². The molecule has 2 bridgehead atoms. The second kappa shape index (κ2) is 8.11. The second-order valence-corrected chi connectivity index (χ2v) is 10.1. The summed E-state index contributed by atoms with van der Waals surface area (Å²) in [7, 11) is -2.03. The van der Waals surface area contributed by atoms with Gasteiger partial charge in [0.15, 0.2) is 0 Å². The van der Waals surface area contributed by atoms with Gasteiger partial charge < -0.3 is 8.85 Å². The molecule has 1 atom stereocenters. The second-order valence-electron chi connectivity index (χ2n) is 6.75. The Morgan fingerprint density at radius 2 is 2.00 bits per heavy atom. The van der Waals surface area contributed by atoms with Crippen LogP contribution in [0.1, 0.15) is 51.9 Å². The van der Waals surface area contributed by atoms with Crippen LogP contribution in [0.5, 0.6) is 0 Å². The summed E-state index contributed by atoms with van der Waals surface area (Å²) in [5.74, 6) is 0. The molecule has 1 heterocycles. The summed E-state index contributed by atoms with van der Waals surface area (Å²) in [6.45, 7) is 7.32. The van der Waals surface area contributed by atoms with Gasteiger partial charge in [-0.1, -0.05) is 29.9 Å². The molecule has 2 aliphatic rings. The number of allylic oxidation sites excluding steroid dienone is 4. The lowest BCUT2D eigenvalue weighted by atomic mass is 10.0. The molecule has 0 radical (unpaired) electrons. The molecule has 2 nitrogen and oxygen atoms in total. The van der Waals surface area contributed by atoms with Crippen LogP contribution in [0.25, 0.3) is 0 Å². The lowest BCUT2D eigenvalue weighted by molar-refractivity contribution is 0.154. The van der Waals surface area contributed by atoms with Crippen molar-refractivity contribution in [2.24, 2.45) is 0 Å². The first-order valence-corrected chi connectivity index (χ1v) is 11.2. The minimum Gasteiger partial charge on any atom is -0.390 e. The maximum Gasteiger partial charge on any atom is 0.332 e. The van der Waals surface area contributed by atoms with E-state index < -0.39 is 8.56 Å². The Balaban J connectivity index is 2.21. The Labute approximate surface area is 131 Å². The van der Waals surface area contributed by atoms with Crippen LogP contribution in [0, 0.1) is 0 Å². The number of hydrogen-bond acceptors (Lipinski definition) is 2. The van der Waals surface area contributed by atoms with Gasteiger partial charge >= 0.3 is 8.56 Å². The zero-order valence-corrected chi connectivity index (χ0v) is 14.9. The van der Waals surface area contributed by atoms with E-state index in [-0.39, 0.29) is 6.10 Å². The first-order chi connectivity index (χ1) is 10.1. The van der Waals surface area contributed by atoms with Crippen molar-refractivity contribution in [1.82, 2.24) is 0 Å². The molecule has 1 fully saturated rings. The van der Waals surface area contributed by atoms with Gasteiger partial charge in [0.2, 0.25) is 0 Å². The third-order valence-corrected chi connectivity index (χ3v) is 5.87. The molecule has 1 aliphatic heterocycles. The van der Waals surface area contributed by atoms with Crippen molar-refractivity contribution in [3.05, 3.63) is 35.5 Å². The topological polar surface area (TPSA) is 18.5 Å². The van der Waals surface area contributed by atoms with Crippen LogP contribution in [0.4, 0.5) is 0 Å². The molecule has 0 aromatic heterocycles. The molecule has 0 aromatic carbocycles. The first kappa shape index (κ1) is 16.7. The lowest BCUT2D eigenvalue weighted by Gasteiger charge is -2.26. The SMILES string of the molecule is C/C1=C/C2CCC/C(=C/C=C/CCCC1)CO[Si](C)(C)O2. The molecule has 0 amide bonds.